The molecule has 0 aliphatic carbocycles. The van der Waals surface area contributed by atoms with Gasteiger partial charge in [-0.25, -0.2) is 18.4 Å². The highest BCUT2D eigenvalue weighted by Crippen LogP contribution is 2.24. The summed E-state index contributed by atoms with van der Waals surface area (Å²) in [4.78, 5) is 13.7. The van der Waals surface area contributed by atoms with Crippen molar-refractivity contribution in [1.29, 1.82) is 0 Å². The molecule has 0 aliphatic rings. The number of nitrogens with one attached hydrogen (secondary N) is 1. The fraction of sp³-hybridized carbons (Fsp3) is 0.188. The Hall–Kier alpha value is -2.29. The fourth-order valence-electron chi connectivity index (χ4n) is 2.14. The highest BCUT2D eigenvalue weighted by molar-refractivity contribution is 7.89. The summed E-state index contributed by atoms with van der Waals surface area (Å²) in [6, 6.07) is 10.4. The summed E-state index contributed by atoms with van der Waals surface area (Å²) >= 11 is 5.98. The molecular weight excluding hydrogens is 366 g/mol. The van der Waals surface area contributed by atoms with Gasteiger partial charge in [0.1, 0.15) is 5.75 Å². The lowest BCUT2D eigenvalue weighted by Gasteiger charge is -2.19. The first-order chi connectivity index (χ1) is 11.7. The topological polar surface area (TPSA) is 102 Å². The second kappa shape index (κ2) is 7.73. The number of sulfonamides is 1. The van der Waals surface area contributed by atoms with Crippen molar-refractivity contribution in [1.82, 2.24) is 4.90 Å². The van der Waals surface area contributed by atoms with Crippen molar-refractivity contribution in [3.63, 3.8) is 0 Å². The zero-order chi connectivity index (χ0) is 18.6. The van der Waals surface area contributed by atoms with Crippen molar-refractivity contribution in [3.05, 3.63) is 53.1 Å². The Morgan fingerprint density at radius 1 is 1.24 bits per heavy atom. The smallest absolute Gasteiger partial charge is 0.321 e. The molecule has 0 saturated heterocycles. The number of rotatable bonds is 5. The first kappa shape index (κ1) is 19.0. The quantitative estimate of drug-likeness (QED) is 0.828. The summed E-state index contributed by atoms with van der Waals surface area (Å²) in [6.07, 6.45) is 0. The third kappa shape index (κ3) is 5.09. The van der Waals surface area contributed by atoms with Gasteiger partial charge in [-0.2, -0.15) is 0 Å². The molecule has 0 unspecified atom stereocenters. The Morgan fingerprint density at radius 3 is 2.44 bits per heavy atom. The Labute approximate surface area is 151 Å². The van der Waals surface area contributed by atoms with Crippen LogP contribution in [-0.2, 0) is 16.6 Å². The maximum atomic E-state index is 12.3. The minimum atomic E-state index is -3.77. The number of amides is 2. The molecule has 2 rings (SSSR count). The van der Waals surface area contributed by atoms with Crippen LogP contribution in [0.2, 0.25) is 5.02 Å². The first-order valence-electron chi connectivity index (χ1n) is 7.18. The number of carbonyl (C=O) groups excluding carboxylic acids is 1. The average Bonchev–Trinajstić information content (AvgIpc) is 2.54. The number of primary sulfonamides is 1. The van der Waals surface area contributed by atoms with Gasteiger partial charge >= 0.3 is 6.03 Å². The number of hydrogen-bond donors (Lipinski definition) is 2. The number of methoxy groups -OCH3 is 1. The van der Waals surface area contributed by atoms with Crippen LogP contribution in [0.3, 0.4) is 0 Å². The fourth-order valence-corrected chi connectivity index (χ4v) is 2.86. The Morgan fingerprint density at radius 2 is 1.88 bits per heavy atom. The second-order valence-electron chi connectivity index (χ2n) is 5.31. The van der Waals surface area contributed by atoms with Crippen molar-refractivity contribution in [2.45, 2.75) is 11.4 Å². The predicted octanol–water partition coefficient (Wildman–Crippen LogP) is 2.66. The lowest BCUT2D eigenvalue weighted by atomic mass is 10.2. The molecule has 0 bridgehead atoms. The molecule has 2 aromatic rings. The standard InChI is InChI=1S/C16H18ClN3O4S/c1-20(10-11-9-12(17)3-8-15(11)24-2)16(21)19-13-4-6-14(7-5-13)25(18,22)23/h3-9H,10H2,1-2H3,(H,19,21)(H2,18,22,23). The molecule has 0 spiro atoms. The molecule has 9 heteroatoms. The Bertz CT molecular complexity index is 869. The molecule has 0 radical (unpaired) electrons. The molecule has 3 N–H and O–H groups in total. The number of nitrogens with zero attached hydrogens (tertiary/aromatic N) is 1. The van der Waals surface area contributed by atoms with E-state index < -0.39 is 10.0 Å². The van der Waals surface area contributed by atoms with Crippen LogP contribution < -0.4 is 15.2 Å². The molecule has 134 valence electrons. The number of carbonyl (C=O) groups is 1. The van der Waals surface area contributed by atoms with E-state index in [1.807, 2.05) is 0 Å². The van der Waals surface area contributed by atoms with Crippen LogP contribution in [0.25, 0.3) is 0 Å². The molecule has 0 saturated carbocycles. The summed E-state index contributed by atoms with van der Waals surface area (Å²) in [5.74, 6) is 0.626. The van der Waals surface area contributed by atoms with Gasteiger partial charge in [0.15, 0.2) is 0 Å². The lowest BCUT2D eigenvalue weighted by molar-refractivity contribution is 0.220. The third-order valence-electron chi connectivity index (χ3n) is 3.43. The minimum absolute atomic E-state index is 0.0254. The van der Waals surface area contributed by atoms with Crippen molar-refractivity contribution in [3.8, 4) is 5.75 Å². The van der Waals surface area contributed by atoms with E-state index in [0.29, 0.717) is 16.5 Å². The van der Waals surface area contributed by atoms with E-state index in [4.69, 9.17) is 21.5 Å². The van der Waals surface area contributed by atoms with Crippen LogP contribution in [-0.4, -0.2) is 33.5 Å². The number of benzene rings is 2. The minimum Gasteiger partial charge on any atom is -0.496 e. The third-order valence-corrected chi connectivity index (χ3v) is 4.60. The highest BCUT2D eigenvalue weighted by Gasteiger charge is 2.13. The lowest BCUT2D eigenvalue weighted by Crippen LogP contribution is -2.31. The summed E-state index contributed by atoms with van der Waals surface area (Å²) in [5, 5.41) is 8.25. The number of hydrogen-bond acceptors (Lipinski definition) is 4. The van der Waals surface area contributed by atoms with Gasteiger partial charge in [0, 0.05) is 23.3 Å². The largest absolute Gasteiger partial charge is 0.496 e. The van der Waals surface area contributed by atoms with Crippen LogP contribution in [0.4, 0.5) is 10.5 Å². The molecule has 0 atom stereocenters. The maximum absolute atomic E-state index is 12.3. The zero-order valence-electron chi connectivity index (χ0n) is 13.7. The van der Waals surface area contributed by atoms with Crippen molar-refractivity contribution in [2.24, 2.45) is 5.14 Å². The maximum Gasteiger partial charge on any atom is 0.321 e. The van der Waals surface area contributed by atoms with E-state index in [9.17, 15) is 13.2 Å². The van der Waals surface area contributed by atoms with Crippen molar-refractivity contribution in [2.75, 3.05) is 19.5 Å². The molecule has 0 aliphatic heterocycles. The van der Waals surface area contributed by atoms with E-state index in [1.54, 1.807) is 32.4 Å². The molecule has 0 heterocycles. The highest BCUT2D eigenvalue weighted by atomic mass is 35.5. The number of halogens is 1. The molecule has 2 amide bonds. The molecule has 2 aromatic carbocycles. The van der Waals surface area contributed by atoms with Crippen molar-refractivity contribution >= 4 is 33.3 Å². The van der Waals surface area contributed by atoms with Gasteiger partial charge in [-0.05, 0) is 42.5 Å². The van der Waals surface area contributed by atoms with Crippen LogP contribution in [0.5, 0.6) is 5.75 Å². The van der Waals surface area contributed by atoms with E-state index >= 15 is 0 Å². The molecule has 0 fully saturated rings. The van der Waals surface area contributed by atoms with E-state index in [1.165, 1.54) is 29.2 Å². The number of ether oxygens (including phenoxy) is 1. The van der Waals surface area contributed by atoms with Crippen LogP contribution in [0, 0.1) is 0 Å². The van der Waals surface area contributed by atoms with Crippen LogP contribution in [0.15, 0.2) is 47.4 Å². The SMILES string of the molecule is COc1ccc(Cl)cc1CN(C)C(=O)Nc1ccc(S(N)(=O)=O)cc1. The second-order valence-corrected chi connectivity index (χ2v) is 7.31. The van der Waals surface area contributed by atoms with Gasteiger partial charge in [0.25, 0.3) is 0 Å². The predicted molar refractivity (Wildman–Crippen MR) is 96.3 cm³/mol. The molecular formula is C16H18ClN3O4S. The van der Waals surface area contributed by atoms with E-state index in [0.717, 1.165) is 5.56 Å². The van der Waals surface area contributed by atoms with E-state index in [-0.39, 0.29) is 17.5 Å². The summed E-state index contributed by atoms with van der Waals surface area (Å²) < 4.78 is 27.7. The van der Waals surface area contributed by atoms with Gasteiger partial charge < -0.3 is 15.0 Å². The van der Waals surface area contributed by atoms with E-state index in [2.05, 4.69) is 5.32 Å². The van der Waals surface area contributed by atoms with Crippen molar-refractivity contribution < 1.29 is 17.9 Å². The molecule has 25 heavy (non-hydrogen) atoms. The van der Waals surface area contributed by atoms with Gasteiger partial charge in [-0.1, -0.05) is 11.6 Å². The molecule has 7 nitrogen and oxygen atoms in total. The number of nitrogens with two attached hydrogens (primary N) is 1. The summed E-state index contributed by atoms with van der Waals surface area (Å²) in [6.45, 7) is 0.283. The van der Waals surface area contributed by atoms with Gasteiger partial charge in [-0.15, -0.1) is 0 Å². The summed E-state index contributed by atoms with van der Waals surface area (Å²) in [7, 11) is -0.605. The average molecular weight is 384 g/mol. The van der Waals surface area contributed by atoms with Gasteiger partial charge in [0.05, 0.1) is 18.6 Å². The van der Waals surface area contributed by atoms with Crippen LogP contribution >= 0.6 is 11.6 Å². The normalized spacial score (nSPS) is 11.0. The Balaban J connectivity index is 2.07. The van der Waals surface area contributed by atoms with Gasteiger partial charge in [-0.3, -0.25) is 0 Å². The van der Waals surface area contributed by atoms with Gasteiger partial charge in [0.2, 0.25) is 10.0 Å². The van der Waals surface area contributed by atoms with Crippen LogP contribution in [0.1, 0.15) is 5.56 Å². The zero-order valence-corrected chi connectivity index (χ0v) is 15.3. The monoisotopic (exact) mass is 383 g/mol. The Kier molecular flexibility index (Phi) is 5.89. The molecule has 0 aromatic heterocycles. The summed E-state index contributed by atoms with van der Waals surface area (Å²) in [5.41, 5.74) is 1.21. The number of anilines is 1. The number of urea groups is 1. The first-order valence-corrected chi connectivity index (χ1v) is 9.10.